The molecule has 0 bridgehead atoms. The van der Waals surface area contributed by atoms with E-state index >= 15 is 0 Å². The first kappa shape index (κ1) is 20.9. The van der Waals surface area contributed by atoms with Crippen LogP contribution in [0.1, 0.15) is 17.7 Å². The highest BCUT2D eigenvalue weighted by atomic mass is 19.4. The summed E-state index contributed by atoms with van der Waals surface area (Å²) in [7, 11) is 0. The Kier molecular flexibility index (Phi) is 6.69. The number of hydrogen-bond donors (Lipinski definition) is 3. The Labute approximate surface area is 157 Å². The highest BCUT2D eigenvalue weighted by Crippen LogP contribution is 2.15. The van der Waals surface area contributed by atoms with Crippen molar-refractivity contribution >= 4 is 28.6 Å². The van der Waals surface area contributed by atoms with Gasteiger partial charge >= 0.3 is 12.1 Å². The molecule has 0 spiro atoms. The number of nitrogens with one attached hydrogen (secondary N) is 2. The van der Waals surface area contributed by atoms with Gasteiger partial charge in [0, 0.05) is 29.8 Å². The molecule has 2 aromatic heterocycles. The van der Waals surface area contributed by atoms with Gasteiger partial charge in [0.1, 0.15) is 0 Å². The maximum Gasteiger partial charge on any atom is 0.490 e. The number of benzene rings is 1. The van der Waals surface area contributed by atoms with E-state index in [-0.39, 0.29) is 5.91 Å². The number of carboxylic acids is 1. The number of nitrogens with zero attached hydrogens (tertiary/aromatic N) is 2. The molecule has 7 nitrogen and oxygen atoms in total. The van der Waals surface area contributed by atoms with Crippen molar-refractivity contribution in [3.05, 3.63) is 53.9 Å². The summed E-state index contributed by atoms with van der Waals surface area (Å²) in [6.45, 7) is 1.89. The second kappa shape index (κ2) is 8.98. The smallest absolute Gasteiger partial charge is 0.475 e. The Morgan fingerprint density at radius 2 is 1.93 bits per heavy atom. The van der Waals surface area contributed by atoms with Crippen LogP contribution in [0.15, 0.2) is 42.6 Å². The van der Waals surface area contributed by atoms with Gasteiger partial charge < -0.3 is 10.4 Å². The van der Waals surface area contributed by atoms with Gasteiger partial charge in [-0.2, -0.15) is 18.3 Å². The monoisotopic (exact) mass is 394 g/mol. The summed E-state index contributed by atoms with van der Waals surface area (Å²) in [5, 5.41) is 17.8. The number of carboxylic acid groups (broad SMARTS) is 1. The zero-order chi connectivity index (χ0) is 20.7. The third-order valence-electron chi connectivity index (χ3n) is 3.53. The zero-order valence-corrected chi connectivity index (χ0v) is 14.7. The molecule has 0 radical (unpaired) electrons. The Bertz CT molecular complexity index is 970. The van der Waals surface area contributed by atoms with Crippen molar-refractivity contribution in [3.63, 3.8) is 0 Å². The van der Waals surface area contributed by atoms with E-state index in [2.05, 4.69) is 20.5 Å². The average molecular weight is 394 g/mol. The lowest BCUT2D eigenvalue weighted by atomic mass is 10.1. The number of rotatable bonds is 4. The third kappa shape index (κ3) is 6.38. The van der Waals surface area contributed by atoms with Crippen LogP contribution in [0.2, 0.25) is 0 Å². The van der Waals surface area contributed by atoms with E-state index in [1.807, 2.05) is 37.3 Å². The first-order valence-corrected chi connectivity index (χ1v) is 8.11. The Morgan fingerprint density at radius 1 is 1.21 bits per heavy atom. The maximum absolute atomic E-state index is 11.9. The van der Waals surface area contributed by atoms with Gasteiger partial charge in [0.2, 0.25) is 5.91 Å². The number of fused-ring (bicyclic) bond motifs is 1. The van der Waals surface area contributed by atoms with Crippen molar-refractivity contribution in [1.82, 2.24) is 15.2 Å². The van der Waals surface area contributed by atoms with Gasteiger partial charge in [0.15, 0.2) is 5.82 Å². The number of halogens is 3. The Morgan fingerprint density at radius 3 is 2.54 bits per heavy atom. The number of aromatic amines is 1. The van der Waals surface area contributed by atoms with Crippen LogP contribution in [0.25, 0.3) is 10.9 Å². The number of anilines is 1. The average Bonchev–Trinajstić information content (AvgIpc) is 3.04. The first-order valence-electron chi connectivity index (χ1n) is 8.11. The van der Waals surface area contributed by atoms with Gasteiger partial charge in [-0.15, -0.1) is 0 Å². The lowest BCUT2D eigenvalue weighted by molar-refractivity contribution is -0.192. The lowest BCUT2D eigenvalue weighted by Crippen LogP contribution is -2.21. The van der Waals surface area contributed by atoms with E-state index in [0.717, 1.165) is 22.2 Å². The SMILES string of the molecule is Cc1cc(NC(=O)CCc2ccc3cccnc3c2)n[nH]1.O=C(O)C(F)(F)F. The summed E-state index contributed by atoms with van der Waals surface area (Å²) in [6.07, 6.45) is -2.20. The molecule has 0 aliphatic rings. The van der Waals surface area contributed by atoms with Gasteiger partial charge in [-0.25, -0.2) is 4.79 Å². The summed E-state index contributed by atoms with van der Waals surface area (Å²) in [4.78, 5) is 25.1. The Hall–Kier alpha value is -3.43. The second-order valence-electron chi connectivity index (χ2n) is 5.82. The highest BCUT2D eigenvalue weighted by molar-refractivity contribution is 5.90. The molecule has 148 valence electrons. The van der Waals surface area contributed by atoms with Crippen LogP contribution in [0, 0.1) is 6.92 Å². The molecule has 2 heterocycles. The molecule has 3 rings (SSSR count). The minimum atomic E-state index is -5.08. The van der Waals surface area contributed by atoms with Gasteiger partial charge in [0.25, 0.3) is 0 Å². The summed E-state index contributed by atoms with van der Waals surface area (Å²) in [6, 6.07) is 11.8. The molecule has 0 atom stereocenters. The number of alkyl halides is 3. The summed E-state index contributed by atoms with van der Waals surface area (Å²) < 4.78 is 31.7. The summed E-state index contributed by atoms with van der Waals surface area (Å²) >= 11 is 0. The van der Waals surface area contributed by atoms with E-state index in [4.69, 9.17) is 9.90 Å². The van der Waals surface area contributed by atoms with E-state index in [1.165, 1.54) is 0 Å². The lowest BCUT2D eigenvalue weighted by Gasteiger charge is -2.04. The van der Waals surface area contributed by atoms with Crippen LogP contribution in [0.3, 0.4) is 0 Å². The van der Waals surface area contributed by atoms with Gasteiger partial charge in [-0.3, -0.25) is 14.9 Å². The molecular weight excluding hydrogens is 377 g/mol. The van der Waals surface area contributed by atoms with Crippen molar-refractivity contribution in [2.45, 2.75) is 25.9 Å². The number of aliphatic carboxylic acids is 1. The van der Waals surface area contributed by atoms with Crippen LogP contribution in [0.4, 0.5) is 19.0 Å². The molecule has 0 unspecified atom stereocenters. The minimum Gasteiger partial charge on any atom is -0.475 e. The van der Waals surface area contributed by atoms with Crippen LogP contribution in [-0.2, 0) is 16.0 Å². The minimum absolute atomic E-state index is 0.0392. The van der Waals surface area contributed by atoms with Gasteiger partial charge in [-0.1, -0.05) is 18.2 Å². The number of carbonyl (C=O) groups is 2. The number of aromatic nitrogens is 3. The fourth-order valence-corrected chi connectivity index (χ4v) is 2.21. The van der Waals surface area contributed by atoms with Crippen molar-refractivity contribution in [3.8, 4) is 0 Å². The van der Waals surface area contributed by atoms with E-state index < -0.39 is 12.1 Å². The van der Waals surface area contributed by atoms with Crippen LogP contribution in [-0.4, -0.2) is 38.3 Å². The molecule has 10 heteroatoms. The van der Waals surface area contributed by atoms with Crippen molar-refractivity contribution in [1.29, 1.82) is 0 Å². The third-order valence-corrected chi connectivity index (χ3v) is 3.53. The number of aryl methyl sites for hydroxylation is 2. The molecule has 1 aromatic carbocycles. The van der Waals surface area contributed by atoms with E-state index in [9.17, 15) is 18.0 Å². The molecule has 1 amide bonds. The fourth-order valence-electron chi connectivity index (χ4n) is 2.21. The predicted molar refractivity (Wildman–Crippen MR) is 95.7 cm³/mol. The molecule has 0 aliphatic heterocycles. The fraction of sp³-hybridized carbons (Fsp3) is 0.222. The molecular formula is C18H17F3N4O3. The second-order valence-corrected chi connectivity index (χ2v) is 5.82. The molecule has 3 aromatic rings. The summed E-state index contributed by atoms with van der Waals surface area (Å²) in [5.41, 5.74) is 2.98. The van der Waals surface area contributed by atoms with Crippen LogP contribution < -0.4 is 5.32 Å². The molecule has 3 N–H and O–H groups in total. The van der Waals surface area contributed by atoms with Crippen molar-refractivity contribution in [2.75, 3.05) is 5.32 Å². The molecule has 0 saturated carbocycles. The Balaban J connectivity index is 0.000000345. The van der Waals surface area contributed by atoms with Crippen molar-refractivity contribution < 1.29 is 27.9 Å². The number of carbonyl (C=O) groups excluding carboxylic acids is 1. The number of H-pyrrole nitrogens is 1. The predicted octanol–water partition coefficient (Wildman–Crippen LogP) is 3.47. The molecule has 0 fully saturated rings. The largest absolute Gasteiger partial charge is 0.490 e. The zero-order valence-electron chi connectivity index (χ0n) is 14.7. The number of pyridine rings is 1. The highest BCUT2D eigenvalue weighted by Gasteiger charge is 2.38. The first-order chi connectivity index (χ1) is 13.1. The molecule has 28 heavy (non-hydrogen) atoms. The number of hydrogen-bond acceptors (Lipinski definition) is 4. The normalized spacial score (nSPS) is 10.9. The van der Waals surface area contributed by atoms with Crippen LogP contribution in [0.5, 0.6) is 0 Å². The van der Waals surface area contributed by atoms with Gasteiger partial charge in [0.05, 0.1) is 5.52 Å². The maximum atomic E-state index is 11.9. The van der Waals surface area contributed by atoms with Crippen molar-refractivity contribution in [2.24, 2.45) is 0 Å². The van der Waals surface area contributed by atoms with Gasteiger partial charge in [-0.05, 0) is 31.0 Å². The topological polar surface area (TPSA) is 108 Å². The van der Waals surface area contributed by atoms with E-state index in [0.29, 0.717) is 18.7 Å². The molecule has 0 aliphatic carbocycles. The number of amides is 1. The molecule has 0 saturated heterocycles. The standard InChI is InChI=1S/C16H16N4O.C2HF3O2/c1-11-9-15(20-19-11)18-16(21)7-5-12-4-6-13-3-2-8-17-14(13)10-12;3-2(4,5)1(6)7/h2-4,6,8-10H,5,7H2,1H3,(H2,18,19,20,21);(H,6,7). The summed E-state index contributed by atoms with van der Waals surface area (Å²) in [5.74, 6) is -2.23. The quantitative estimate of drug-likeness (QED) is 0.628. The van der Waals surface area contributed by atoms with E-state index in [1.54, 1.807) is 12.3 Å². The van der Waals surface area contributed by atoms with Crippen LogP contribution >= 0.6 is 0 Å².